The highest BCUT2D eigenvalue weighted by atomic mass is 79.9. The maximum Gasteiger partial charge on any atom is 0.161 e. The van der Waals surface area contributed by atoms with Crippen LogP contribution in [-0.2, 0) is 9.47 Å². The predicted molar refractivity (Wildman–Crippen MR) is 68.3 cm³/mol. The molecule has 1 atom stereocenters. The Labute approximate surface area is 114 Å². The Hall–Kier alpha value is -0.230. The second-order valence-corrected chi connectivity index (χ2v) is 5.31. The Bertz CT molecular complexity index is 409. The van der Waals surface area contributed by atoms with Crippen molar-refractivity contribution in [3.8, 4) is 0 Å². The Morgan fingerprint density at radius 1 is 1.35 bits per heavy atom. The van der Waals surface area contributed by atoms with Crippen LogP contribution in [0.3, 0.4) is 0 Å². The second kappa shape index (κ2) is 5.61. The summed E-state index contributed by atoms with van der Waals surface area (Å²) in [6.07, 6.45) is -0.216. The van der Waals surface area contributed by atoms with E-state index in [1.54, 1.807) is 0 Å². The van der Waals surface area contributed by atoms with Gasteiger partial charge in [-0.2, -0.15) is 0 Å². The molecule has 1 unspecified atom stereocenters. The molecule has 0 bridgehead atoms. The Balaban J connectivity index is 2.34. The minimum atomic E-state index is -0.216. The van der Waals surface area contributed by atoms with Crippen LogP contribution in [-0.4, -0.2) is 29.8 Å². The van der Waals surface area contributed by atoms with Gasteiger partial charge in [-0.15, -0.1) is 0 Å². The zero-order chi connectivity index (χ0) is 12.4. The maximum atomic E-state index is 6.09. The highest BCUT2D eigenvalue weighted by Crippen LogP contribution is 2.30. The molecule has 1 aromatic heterocycles. The highest BCUT2D eigenvalue weighted by molar-refractivity contribution is 9.10. The minimum absolute atomic E-state index is 0.216. The van der Waals surface area contributed by atoms with Crippen molar-refractivity contribution in [1.29, 1.82) is 0 Å². The van der Waals surface area contributed by atoms with Crippen LogP contribution < -0.4 is 0 Å². The molecule has 94 valence electrons. The monoisotopic (exact) mass is 320 g/mol. The first-order valence-corrected chi connectivity index (χ1v) is 6.69. The van der Waals surface area contributed by atoms with E-state index in [2.05, 4.69) is 39.7 Å². The van der Waals surface area contributed by atoms with E-state index in [4.69, 9.17) is 21.1 Å². The molecule has 0 aliphatic carbocycles. The first-order valence-electron chi connectivity index (χ1n) is 5.51. The van der Waals surface area contributed by atoms with E-state index in [0.717, 1.165) is 10.2 Å². The molecule has 0 spiro atoms. The van der Waals surface area contributed by atoms with Gasteiger partial charge in [0.1, 0.15) is 11.3 Å². The molecule has 1 aliphatic heterocycles. The first-order chi connectivity index (χ1) is 8.09. The normalized spacial score (nSPS) is 20.9. The number of hydrogen-bond acceptors (Lipinski definition) is 4. The number of aromatic nitrogens is 2. The van der Waals surface area contributed by atoms with Crippen molar-refractivity contribution in [3.63, 3.8) is 0 Å². The van der Waals surface area contributed by atoms with Crippen LogP contribution in [0.4, 0.5) is 0 Å². The zero-order valence-electron chi connectivity index (χ0n) is 9.74. The molecule has 0 N–H and O–H groups in total. The fourth-order valence-corrected chi connectivity index (χ4v) is 2.43. The number of nitrogens with zero attached hydrogens (tertiary/aromatic N) is 2. The van der Waals surface area contributed by atoms with Crippen molar-refractivity contribution in [1.82, 2.24) is 9.97 Å². The number of ether oxygens (including phenoxy) is 2. The molecular formula is C11H14BrClN2O2. The van der Waals surface area contributed by atoms with Gasteiger partial charge in [0.15, 0.2) is 5.82 Å². The summed E-state index contributed by atoms with van der Waals surface area (Å²) >= 11 is 9.50. The van der Waals surface area contributed by atoms with Gasteiger partial charge in [-0.1, -0.05) is 25.4 Å². The van der Waals surface area contributed by atoms with Gasteiger partial charge in [0, 0.05) is 0 Å². The summed E-state index contributed by atoms with van der Waals surface area (Å²) < 4.78 is 11.7. The van der Waals surface area contributed by atoms with E-state index >= 15 is 0 Å². The van der Waals surface area contributed by atoms with Crippen LogP contribution >= 0.6 is 27.5 Å². The summed E-state index contributed by atoms with van der Waals surface area (Å²) in [4.78, 5) is 8.75. The van der Waals surface area contributed by atoms with Gasteiger partial charge >= 0.3 is 0 Å². The summed E-state index contributed by atoms with van der Waals surface area (Å²) in [6, 6.07) is 0. The van der Waals surface area contributed by atoms with E-state index in [1.807, 2.05) is 0 Å². The zero-order valence-corrected chi connectivity index (χ0v) is 12.1. The smallest absolute Gasteiger partial charge is 0.161 e. The van der Waals surface area contributed by atoms with Gasteiger partial charge in [0.25, 0.3) is 0 Å². The van der Waals surface area contributed by atoms with E-state index < -0.39 is 0 Å². The second-order valence-electron chi connectivity index (χ2n) is 4.16. The fraction of sp³-hybridized carbons (Fsp3) is 0.636. The third-order valence-electron chi connectivity index (χ3n) is 2.50. The SMILES string of the molecule is CC(C)c1nc(C2COCCO2)nc(Cl)c1Br. The summed E-state index contributed by atoms with van der Waals surface area (Å²) in [5.74, 6) is 0.870. The molecule has 0 amide bonds. The maximum absolute atomic E-state index is 6.09. The fourth-order valence-electron chi connectivity index (χ4n) is 1.62. The summed E-state index contributed by atoms with van der Waals surface area (Å²) in [5, 5.41) is 0.424. The third-order valence-corrected chi connectivity index (χ3v) is 3.79. The molecule has 2 rings (SSSR count). The van der Waals surface area contributed by atoms with Crippen molar-refractivity contribution in [2.45, 2.75) is 25.9 Å². The molecular weight excluding hydrogens is 307 g/mol. The minimum Gasteiger partial charge on any atom is -0.376 e. The molecule has 1 fully saturated rings. The Morgan fingerprint density at radius 3 is 2.71 bits per heavy atom. The van der Waals surface area contributed by atoms with Crippen LogP contribution in [0.2, 0.25) is 5.15 Å². The molecule has 1 aliphatic rings. The van der Waals surface area contributed by atoms with Crippen LogP contribution in [0.25, 0.3) is 0 Å². The van der Waals surface area contributed by atoms with E-state index in [-0.39, 0.29) is 12.0 Å². The van der Waals surface area contributed by atoms with Gasteiger partial charge in [0.2, 0.25) is 0 Å². The third kappa shape index (κ3) is 2.96. The first kappa shape index (κ1) is 13.2. The topological polar surface area (TPSA) is 44.2 Å². The van der Waals surface area contributed by atoms with Gasteiger partial charge < -0.3 is 9.47 Å². The lowest BCUT2D eigenvalue weighted by molar-refractivity contribution is -0.0936. The van der Waals surface area contributed by atoms with Crippen molar-refractivity contribution in [2.24, 2.45) is 0 Å². The average Bonchev–Trinajstić information content (AvgIpc) is 2.33. The van der Waals surface area contributed by atoms with E-state index in [9.17, 15) is 0 Å². The van der Waals surface area contributed by atoms with Crippen molar-refractivity contribution >= 4 is 27.5 Å². The molecule has 1 aromatic rings. The van der Waals surface area contributed by atoms with E-state index in [1.165, 1.54) is 0 Å². The van der Waals surface area contributed by atoms with E-state index in [0.29, 0.717) is 30.8 Å². The Kier molecular flexibility index (Phi) is 4.36. The lowest BCUT2D eigenvalue weighted by atomic mass is 10.1. The van der Waals surface area contributed by atoms with Gasteiger partial charge in [0.05, 0.1) is 30.0 Å². The number of rotatable bonds is 2. The standard InChI is InChI=1S/C11H14BrClN2O2/c1-6(2)9-8(12)10(13)15-11(14-9)7-5-16-3-4-17-7/h6-7H,3-5H2,1-2H3. The molecule has 17 heavy (non-hydrogen) atoms. The molecule has 0 aromatic carbocycles. The predicted octanol–water partition coefficient (Wildman–Crippen LogP) is 3.10. The van der Waals surface area contributed by atoms with Crippen LogP contribution in [0.5, 0.6) is 0 Å². The molecule has 0 saturated carbocycles. The number of hydrogen-bond donors (Lipinski definition) is 0. The van der Waals surface area contributed by atoms with Crippen LogP contribution in [0.1, 0.15) is 37.4 Å². The summed E-state index contributed by atoms with van der Waals surface area (Å²) in [7, 11) is 0. The van der Waals surface area contributed by atoms with Crippen molar-refractivity contribution in [3.05, 3.63) is 21.1 Å². The molecule has 0 radical (unpaired) electrons. The lowest BCUT2D eigenvalue weighted by Gasteiger charge is -2.22. The quantitative estimate of drug-likeness (QED) is 0.785. The molecule has 6 heteroatoms. The van der Waals surface area contributed by atoms with Crippen molar-refractivity contribution < 1.29 is 9.47 Å². The molecule has 4 nitrogen and oxygen atoms in total. The molecule has 1 saturated heterocycles. The molecule has 2 heterocycles. The lowest BCUT2D eigenvalue weighted by Crippen LogP contribution is -2.24. The van der Waals surface area contributed by atoms with Crippen LogP contribution in [0.15, 0.2) is 4.47 Å². The van der Waals surface area contributed by atoms with Gasteiger partial charge in [-0.25, -0.2) is 9.97 Å². The number of halogens is 2. The largest absolute Gasteiger partial charge is 0.376 e. The van der Waals surface area contributed by atoms with Crippen LogP contribution in [0, 0.1) is 0 Å². The Morgan fingerprint density at radius 2 is 2.12 bits per heavy atom. The summed E-state index contributed by atoms with van der Waals surface area (Å²) in [6.45, 7) is 5.79. The van der Waals surface area contributed by atoms with Gasteiger partial charge in [-0.05, 0) is 21.8 Å². The summed E-state index contributed by atoms with van der Waals surface area (Å²) in [5.41, 5.74) is 0.897. The van der Waals surface area contributed by atoms with Gasteiger partial charge in [-0.3, -0.25) is 0 Å². The van der Waals surface area contributed by atoms with Crippen molar-refractivity contribution in [2.75, 3.05) is 19.8 Å². The highest BCUT2D eigenvalue weighted by Gasteiger charge is 2.23. The average molecular weight is 322 g/mol.